The maximum atomic E-state index is 13.3. The quantitative estimate of drug-likeness (QED) is 0.775. The molecule has 2 rings (SSSR count). The van der Waals surface area contributed by atoms with Crippen LogP contribution in [0.3, 0.4) is 0 Å². The van der Waals surface area contributed by atoms with Crippen molar-refractivity contribution < 1.29 is 22.7 Å². The first kappa shape index (κ1) is 22.5. The Balaban J connectivity index is 0.00000338. The van der Waals surface area contributed by atoms with E-state index in [-0.39, 0.29) is 12.4 Å². The van der Waals surface area contributed by atoms with Crippen LogP contribution in [0.5, 0.6) is 5.75 Å². The number of piperazine rings is 1. The van der Waals surface area contributed by atoms with Crippen LogP contribution in [0, 0.1) is 0 Å². The van der Waals surface area contributed by atoms with Crippen LogP contribution < -0.4 is 15.4 Å². The molecular weight excluding hydrogens is 371 g/mol. The van der Waals surface area contributed by atoms with E-state index in [0.717, 1.165) is 0 Å². The highest BCUT2D eigenvalue weighted by Crippen LogP contribution is 2.25. The Morgan fingerprint density at radius 2 is 2.00 bits per heavy atom. The largest absolute Gasteiger partial charge is 0.497 e. The van der Waals surface area contributed by atoms with E-state index in [1.165, 1.54) is 12.0 Å². The summed E-state index contributed by atoms with van der Waals surface area (Å²) in [5.74, 6) is -0.393. The topological polar surface area (TPSA) is 53.6 Å². The second-order valence-electron chi connectivity index (χ2n) is 6.09. The lowest BCUT2D eigenvalue weighted by molar-refractivity contribution is -0.184. The summed E-state index contributed by atoms with van der Waals surface area (Å²) in [6.45, 7) is 2.87. The molecule has 1 aliphatic rings. The highest BCUT2D eigenvalue weighted by molar-refractivity contribution is 5.85. The Kier molecular flexibility index (Phi) is 8.66. The van der Waals surface area contributed by atoms with E-state index in [0.29, 0.717) is 37.5 Å². The maximum absolute atomic E-state index is 13.3. The average molecular weight is 396 g/mol. The zero-order valence-corrected chi connectivity index (χ0v) is 15.6. The van der Waals surface area contributed by atoms with Crippen molar-refractivity contribution in [1.29, 1.82) is 0 Å². The van der Waals surface area contributed by atoms with E-state index in [1.54, 1.807) is 31.2 Å². The highest BCUT2D eigenvalue weighted by Gasteiger charge is 2.43. The Hall–Kier alpha value is -1.51. The minimum atomic E-state index is -4.39. The Morgan fingerprint density at radius 3 is 2.58 bits per heavy atom. The smallest absolute Gasteiger partial charge is 0.405 e. The fraction of sp³-hybridized carbons (Fsp3) is 0.588. The third-order valence-electron chi connectivity index (χ3n) is 4.43. The number of methoxy groups -OCH3 is 1. The third kappa shape index (κ3) is 6.03. The molecule has 1 amide bonds. The summed E-state index contributed by atoms with van der Waals surface area (Å²) >= 11 is 0. The number of nitrogens with zero attached hydrogens (tertiary/aromatic N) is 1. The molecule has 9 heteroatoms. The van der Waals surface area contributed by atoms with Crippen LogP contribution in [0.25, 0.3) is 0 Å². The molecule has 0 aromatic heterocycles. The summed E-state index contributed by atoms with van der Waals surface area (Å²) in [4.78, 5) is 13.7. The second kappa shape index (κ2) is 9.99. The van der Waals surface area contributed by atoms with Crippen LogP contribution in [0.1, 0.15) is 18.4 Å². The molecule has 1 aromatic carbocycles. The summed E-state index contributed by atoms with van der Waals surface area (Å²) in [6.07, 6.45) is -4.39. The van der Waals surface area contributed by atoms with E-state index >= 15 is 0 Å². The SMILES string of the molecule is COc1cccc(C(C)C(=O)NCC(N2CCNCC2)C(F)(F)F)c1.Cl. The molecule has 1 saturated heterocycles. The Morgan fingerprint density at radius 1 is 1.35 bits per heavy atom. The fourth-order valence-electron chi connectivity index (χ4n) is 2.86. The van der Waals surface area contributed by atoms with Crippen molar-refractivity contribution in [2.45, 2.75) is 25.1 Å². The molecule has 2 atom stereocenters. The van der Waals surface area contributed by atoms with Crippen LogP contribution >= 0.6 is 12.4 Å². The molecule has 2 N–H and O–H groups in total. The predicted molar refractivity (Wildman–Crippen MR) is 96.0 cm³/mol. The van der Waals surface area contributed by atoms with Crippen LogP contribution in [-0.2, 0) is 4.79 Å². The number of amides is 1. The van der Waals surface area contributed by atoms with Gasteiger partial charge in [-0.3, -0.25) is 9.69 Å². The van der Waals surface area contributed by atoms with Crippen molar-refractivity contribution in [3.8, 4) is 5.75 Å². The zero-order valence-electron chi connectivity index (χ0n) is 14.8. The Labute approximate surface area is 157 Å². The van der Waals surface area contributed by atoms with Gasteiger partial charge in [0.2, 0.25) is 5.91 Å². The van der Waals surface area contributed by atoms with Gasteiger partial charge >= 0.3 is 6.18 Å². The normalized spacial score (nSPS) is 17.7. The van der Waals surface area contributed by atoms with Crippen molar-refractivity contribution in [1.82, 2.24) is 15.5 Å². The van der Waals surface area contributed by atoms with E-state index in [4.69, 9.17) is 4.74 Å². The van der Waals surface area contributed by atoms with E-state index in [2.05, 4.69) is 10.6 Å². The average Bonchev–Trinajstić information content (AvgIpc) is 2.61. The molecule has 2 unspecified atom stereocenters. The molecular formula is C17H25ClF3N3O2. The number of carbonyl (C=O) groups is 1. The van der Waals surface area contributed by atoms with Gasteiger partial charge in [-0.15, -0.1) is 12.4 Å². The number of carbonyl (C=O) groups excluding carboxylic acids is 1. The summed E-state index contributed by atoms with van der Waals surface area (Å²) in [7, 11) is 1.52. The number of benzene rings is 1. The molecule has 0 saturated carbocycles. The van der Waals surface area contributed by atoms with E-state index in [9.17, 15) is 18.0 Å². The molecule has 1 aromatic rings. The number of rotatable bonds is 6. The van der Waals surface area contributed by atoms with Gasteiger partial charge in [-0.25, -0.2) is 0 Å². The van der Waals surface area contributed by atoms with Crippen molar-refractivity contribution in [2.24, 2.45) is 0 Å². The third-order valence-corrected chi connectivity index (χ3v) is 4.43. The van der Waals surface area contributed by atoms with Crippen molar-refractivity contribution in [3.05, 3.63) is 29.8 Å². The number of ether oxygens (including phenoxy) is 1. The monoisotopic (exact) mass is 395 g/mol. The lowest BCUT2D eigenvalue weighted by atomic mass is 10.00. The second-order valence-corrected chi connectivity index (χ2v) is 6.09. The molecule has 1 fully saturated rings. The number of hydrogen-bond donors (Lipinski definition) is 2. The molecule has 0 aliphatic carbocycles. The molecule has 0 spiro atoms. The predicted octanol–water partition coefficient (Wildman–Crippen LogP) is 2.17. The summed E-state index contributed by atoms with van der Waals surface area (Å²) in [5, 5.41) is 5.49. The first-order valence-electron chi connectivity index (χ1n) is 8.26. The van der Waals surface area contributed by atoms with Crippen molar-refractivity contribution >= 4 is 18.3 Å². The molecule has 26 heavy (non-hydrogen) atoms. The minimum Gasteiger partial charge on any atom is -0.497 e. The van der Waals surface area contributed by atoms with Gasteiger partial charge in [-0.05, 0) is 24.6 Å². The van der Waals surface area contributed by atoms with Crippen LogP contribution in [0.4, 0.5) is 13.2 Å². The van der Waals surface area contributed by atoms with Crippen molar-refractivity contribution in [3.63, 3.8) is 0 Å². The lowest BCUT2D eigenvalue weighted by Crippen LogP contribution is -2.57. The first-order chi connectivity index (χ1) is 11.8. The van der Waals surface area contributed by atoms with Gasteiger partial charge in [0.25, 0.3) is 0 Å². The van der Waals surface area contributed by atoms with Crippen LogP contribution in [0.2, 0.25) is 0 Å². The number of halogens is 4. The number of nitrogens with one attached hydrogen (secondary N) is 2. The van der Waals surface area contributed by atoms with Gasteiger partial charge in [0.1, 0.15) is 11.8 Å². The molecule has 0 radical (unpaired) electrons. The van der Waals surface area contributed by atoms with Gasteiger partial charge in [-0.2, -0.15) is 13.2 Å². The van der Waals surface area contributed by atoms with Gasteiger partial charge in [0, 0.05) is 32.7 Å². The van der Waals surface area contributed by atoms with Crippen LogP contribution in [0.15, 0.2) is 24.3 Å². The molecule has 5 nitrogen and oxygen atoms in total. The molecule has 148 valence electrons. The highest BCUT2D eigenvalue weighted by atomic mass is 35.5. The van der Waals surface area contributed by atoms with Gasteiger partial charge < -0.3 is 15.4 Å². The standard InChI is InChI=1S/C17H24F3N3O2.ClH/c1-12(13-4-3-5-14(10-13)25-2)16(24)22-11-15(17(18,19)20)23-8-6-21-7-9-23;/h3-5,10,12,15,21H,6-9,11H2,1-2H3,(H,22,24);1H. The zero-order chi connectivity index (χ0) is 18.4. The van der Waals surface area contributed by atoms with Gasteiger partial charge in [0.15, 0.2) is 0 Å². The molecule has 1 aliphatic heterocycles. The summed E-state index contributed by atoms with van der Waals surface area (Å²) in [6, 6.07) is 5.29. The first-order valence-corrected chi connectivity index (χ1v) is 8.26. The van der Waals surface area contributed by atoms with Crippen molar-refractivity contribution in [2.75, 3.05) is 39.8 Å². The minimum absolute atomic E-state index is 0. The number of hydrogen-bond acceptors (Lipinski definition) is 4. The number of alkyl halides is 3. The molecule has 0 bridgehead atoms. The van der Waals surface area contributed by atoms with E-state index in [1.807, 2.05) is 0 Å². The lowest BCUT2D eigenvalue weighted by Gasteiger charge is -2.36. The van der Waals surface area contributed by atoms with Gasteiger partial charge in [0.05, 0.1) is 13.0 Å². The summed E-state index contributed by atoms with van der Waals surface area (Å²) in [5.41, 5.74) is 0.697. The van der Waals surface area contributed by atoms with Crippen LogP contribution in [-0.4, -0.2) is 62.9 Å². The molecule has 1 heterocycles. The fourth-order valence-corrected chi connectivity index (χ4v) is 2.86. The Bertz CT molecular complexity index is 581. The summed E-state index contributed by atoms with van der Waals surface area (Å²) < 4.78 is 45.2. The van der Waals surface area contributed by atoms with Gasteiger partial charge in [-0.1, -0.05) is 12.1 Å². The maximum Gasteiger partial charge on any atom is 0.405 e. The van der Waals surface area contributed by atoms with E-state index < -0.39 is 30.6 Å².